The van der Waals surface area contributed by atoms with Crippen molar-refractivity contribution in [3.8, 4) is 33.4 Å². The zero-order valence-corrected chi connectivity index (χ0v) is 38.4. The summed E-state index contributed by atoms with van der Waals surface area (Å²) in [4.78, 5) is 5.46. The van der Waals surface area contributed by atoms with E-state index in [1.54, 1.807) is 0 Å². The van der Waals surface area contributed by atoms with Crippen molar-refractivity contribution in [3.05, 3.63) is 222 Å². The smallest absolute Gasteiger partial charge is 0.334 e. The average molecular weight is 877 g/mol. The molecule has 4 aliphatic rings. The number of fused-ring (bicyclic) bond motifs is 19. The Labute approximate surface area is 392 Å². The van der Waals surface area contributed by atoms with Crippen LogP contribution in [0.3, 0.4) is 0 Å². The number of hydrogen-bond acceptors (Lipinski definition) is 4. The van der Waals surface area contributed by atoms with Gasteiger partial charge in [0.25, 0.3) is 0 Å². The van der Waals surface area contributed by atoms with E-state index in [1.165, 1.54) is 130 Å². The van der Waals surface area contributed by atoms with Crippen LogP contribution < -0.4 is 20.6 Å². The molecule has 3 aliphatic heterocycles. The molecular weight excluding hydrogens is 836 g/mol. The van der Waals surface area contributed by atoms with E-state index in [2.05, 4.69) is 225 Å². The summed E-state index contributed by atoms with van der Waals surface area (Å²) in [5.41, 5.74) is 21.8. The van der Waals surface area contributed by atoms with Gasteiger partial charge in [0.2, 0.25) is 0 Å². The van der Waals surface area contributed by atoms with Crippen molar-refractivity contribution in [1.82, 2.24) is 0 Å². The summed E-state index contributed by atoms with van der Waals surface area (Å²) in [5.74, 6) is 0. The molecule has 1 aliphatic carbocycles. The van der Waals surface area contributed by atoms with Gasteiger partial charge >= 0.3 is 6.85 Å². The molecule has 0 atom stereocenters. The third kappa shape index (κ3) is 4.57. The van der Waals surface area contributed by atoms with Crippen molar-refractivity contribution < 1.29 is 0 Å². The molecule has 0 fully saturated rings. The van der Waals surface area contributed by atoms with Gasteiger partial charge in [0.1, 0.15) is 0 Å². The highest BCUT2D eigenvalue weighted by atomic mass is 32.1. The van der Waals surface area contributed by atoms with Gasteiger partial charge in [-0.15, -0.1) is 22.7 Å². The number of nitrogens with zero attached hydrogens (tertiary/aromatic N) is 2. The number of thiophene rings is 2. The fourth-order valence-corrected chi connectivity index (χ4v) is 15.0. The van der Waals surface area contributed by atoms with E-state index in [-0.39, 0.29) is 12.3 Å². The van der Waals surface area contributed by atoms with Crippen LogP contribution in [0, 0.1) is 0 Å². The third-order valence-corrected chi connectivity index (χ3v) is 17.6. The van der Waals surface area contributed by atoms with Crippen LogP contribution in [-0.4, -0.2) is 6.85 Å². The van der Waals surface area contributed by atoms with Gasteiger partial charge in [-0.1, -0.05) is 178 Å². The number of hydrogen-bond donors (Lipinski definition) is 0. The second-order valence-electron chi connectivity index (χ2n) is 19.5. The van der Waals surface area contributed by atoms with Crippen LogP contribution in [0.5, 0.6) is 0 Å². The van der Waals surface area contributed by atoms with Gasteiger partial charge in [-0.2, -0.15) is 0 Å². The fraction of sp³-hybridized carbons (Fsp3) is 0.0820. The Bertz CT molecular complexity index is 3860. The Morgan fingerprint density at radius 1 is 0.455 bits per heavy atom. The molecule has 2 nitrogen and oxygen atoms in total. The summed E-state index contributed by atoms with van der Waals surface area (Å²) >= 11 is 3.90. The van der Waals surface area contributed by atoms with Crippen LogP contribution in [0.2, 0.25) is 0 Å². The van der Waals surface area contributed by atoms with Crippen molar-refractivity contribution in [1.29, 1.82) is 0 Å². The highest BCUT2D eigenvalue weighted by molar-refractivity contribution is 7.27. The van der Waals surface area contributed by atoms with E-state index < -0.39 is 5.41 Å². The molecule has 0 bridgehead atoms. The molecule has 15 rings (SSSR count). The molecule has 5 heteroatoms. The molecule has 2 aromatic heterocycles. The summed E-state index contributed by atoms with van der Waals surface area (Å²) in [6.45, 7) is 6.88. The minimum absolute atomic E-state index is 0.0216. The molecule has 0 saturated heterocycles. The number of anilines is 5. The van der Waals surface area contributed by atoms with Crippen molar-refractivity contribution in [2.75, 3.05) is 9.71 Å². The van der Waals surface area contributed by atoms with Crippen LogP contribution in [-0.2, 0) is 10.8 Å². The second kappa shape index (κ2) is 13.0. The lowest BCUT2D eigenvalue weighted by Crippen LogP contribution is -2.62. The molecule has 0 radical (unpaired) electrons. The molecule has 5 heterocycles. The van der Waals surface area contributed by atoms with E-state index in [0.717, 1.165) is 0 Å². The van der Waals surface area contributed by atoms with Crippen LogP contribution in [0.1, 0.15) is 48.6 Å². The van der Waals surface area contributed by atoms with Crippen molar-refractivity contribution in [2.45, 2.75) is 31.6 Å². The maximum atomic E-state index is 2.79. The predicted octanol–water partition coefficient (Wildman–Crippen LogP) is 15.6. The van der Waals surface area contributed by atoms with Crippen LogP contribution >= 0.6 is 22.7 Å². The maximum absolute atomic E-state index is 2.79. The Kier molecular flexibility index (Phi) is 7.31. The highest BCUT2D eigenvalue weighted by Gasteiger charge is 2.57. The zero-order chi connectivity index (χ0) is 43.6. The van der Waals surface area contributed by atoms with Crippen molar-refractivity contribution in [2.24, 2.45) is 0 Å². The first kappa shape index (κ1) is 37.1. The predicted molar refractivity (Wildman–Crippen MR) is 283 cm³/mol. The normalized spacial score (nSPS) is 14.6. The lowest BCUT2D eigenvalue weighted by molar-refractivity contribution is 0.590. The Morgan fingerprint density at radius 2 is 1.08 bits per heavy atom. The van der Waals surface area contributed by atoms with Gasteiger partial charge in [0.15, 0.2) is 0 Å². The van der Waals surface area contributed by atoms with Gasteiger partial charge in [0, 0.05) is 58.6 Å². The first-order valence-corrected chi connectivity index (χ1v) is 24.8. The molecule has 1 spiro atoms. The van der Waals surface area contributed by atoms with Crippen LogP contribution in [0.15, 0.2) is 194 Å². The number of para-hydroxylation sites is 2. The average Bonchev–Trinajstić information content (AvgIpc) is 4.02. The molecule has 0 amide bonds. The van der Waals surface area contributed by atoms with E-state index in [9.17, 15) is 0 Å². The first-order valence-electron chi connectivity index (χ1n) is 23.1. The maximum Gasteiger partial charge on any atom is 0.334 e. The SMILES string of the molecule is CC(C)(C)c1ccc(N2c3cc4c(sc5ccccc54)c4c3B(c3c2sc2ccccc32)N2c3ccccc3C3(c5ccccc5-c5ccccc53)c3cccc-4c32)c(-c2ccccc2)c1. The highest BCUT2D eigenvalue weighted by Crippen LogP contribution is 2.66. The van der Waals surface area contributed by atoms with Gasteiger partial charge in [0.05, 0.1) is 16.1 Å². The van der Waals surface area contributed by atoms with E-state index in [4.69, 9.17) is 0 Å². The van der Waals surface area contributed by atoms with Crippen LogP contribution in [0.25, 0.3) is 63.6 Å². The van der Waals surface area contributed by atoms with Crippen LogP contribution in [0.4, 0.5) is 27.8 Å². The molecule has 310 valence electrons. The molecular formula is C61H41BN2S2. The topological polar surface area (TPSA) is 6.48 Å². The van der Waals surface area contributed by atoms with Gasteiger partial charge in [-0.25, -0.2) is 0 Å². The van der Waals surface area contributed by atoms with Crippen molar-refractivity contribution in [3.63, 3.8) is 0 Å². The summed E-state index contributed by atoms with van der Waals surface area (Å²) < 4.78 is 3.99. The molecule has 9 aromatic carbocycles. The quantitative estimate of drug-likeness (QED) is 0.160. The molecule has 66 heavy (non-hydrogen) atoms. The monoisotopic (exact) mass is 876 g/mol. The lowest BCUT2D eigenvalue weighted by Gasteiger charge is -2.52. The summed E-state index contributed by atoms with van der Waals surface area (Å²) in [6, 6.07) is 74.2. The number of benzene rings is 9. The second-order valence-corrected chi connectivity index (χ2v) is 21.6. The third-order valence-electron chi connectivity index (χ3n) is 15.2. The first-order chi connectivity index (χ1) is 32.4. The Balaban J connectivity index is 1.14. The zero-order valence-electron chi connectivity index (χ0n) is 36.8. The molecule has 0 saturated carbocycles. The fourth-order valence-electron chi connectivity index (χ4n) is 12.5. The largest absolute Gasteiger partial charge is 0.376 e. The number of rotatable bonds is 2. The summed E-state index contributed by atoms with van der Waals surface area (Å²) in [7, 11) is 0. The molecule has 11 aromatic rings. The van der Waals surface area contributed by atoms with E-state index >= 15 is 0 Å². The van der Waals surface area contributed by atoms with E-state index in [0.29, 0.717) is 0 Å². The Hall–Kier alpha value is -7.18. The molecule has 0 unspecified atom stereocenters. The summed E-state index contributed by atoms with van der Waals surface area (Å²) in [5, 5.41) is 5.24. The van der Waals surface area contributed by atoms with Crippen molar-refractivity contribution >= 4 is 98.5 Å². The van der Waals surface area contributed by atoms with Gasteiger partial charge < -0.3 is 9.71 Å². The minimum Gasteiger partial charge on any atom is -0.376 e. The van der Waals surface area contributed by atoms with E-state index in [1.807, 2.05) is 22.7 Å². The molecule has 0 N–H and O–H groups in total. The lowest BCUT2D eigenvalue weighted by atomic mass is 9.42. The minimum atomic E-state index is -0.500. The van der Waals surface area contributed by atoms with Gasteiger partial charge in [-0.05, 0) is 103 Å². The standard InChI is InChI=1S/C61H41BN2S2/c1-60(2,3)37-32-33-49(43(34-37)36-18-5-4-6-19-36)63-51-35-44-40-22-9-15-30-52(40)65-58(44)54-42-24-17-28-48-57(42)64(62(56(51)54)55-41-23-10-16-31-53(41)66-59(55)63)50-29-14-13-27-47(50)61(48)45-25-11-7-20-38(45)39-21-8-12-26-46(39)61/h4-35H,1-3H3. The Morgan fingerprint density at radius 3 is 1.83 bits per heavy atom. The summed E-state index contributed by atoms with van der Waals surface area (Å²) in [6.07, 6.45) is 0. The van der Waals surface area contributed by atoms with Gasteiger partial charge in [-0.3, -0.25) is 0 Å².